The summed E-state index contributed by atoms with van der Waals surface area (Å²) in [7, 11) is 0. The molecule has 0 atom stereocenters. The van der Waals surface area contributed by atoms with Crippen LogP contribution in [0.1, 0.15) is 11.3 Å². The summed E-state index contributed by atoms with van der Waals surface area (Å²) < 4.78 is 0. The topological polar surface area (TPSA) is 25.8 Å². The monoisotopic (exact) mass is 232 g/mol. The number of rotatable bonds is 2. The molecule has 1 heterocycles. The van der Waals surface area contributed by atoms with E-state index in [1.54, 1.807) is 18.1 Å². The second-order valence-electron chi connectivity index (χ2n) is 2.09. The molecule has 0 saturated carbocycles. The highest BCUT2D eigenvalue weighted by molar-refractivity contribution is 9.08. The van der Waals surface area contributed by atoms with Gasteiger partial charge in [0.25, 0.3) is 0 Å². The molecule has 0 N–H and O–H groups in total. The van der Waals surface area contributed by atoms with Gasteiger partial charge in [0, 0.05) is 10.9 Å². The van der Waals surface area contributed by atoms with Crippen molar-refractivity contribution >= 4 is 27.7 Å². The molecule has 0 radical (unpaired) electrons. The second kappa shape index (κ2) is 4.07. The molecule has 0 aliphatic carbocycles. The molecule has 60 valence electrons. The summed E-state index contributed by atoms with van der Waals surface area (Å²) in [6.07, 6.45) is 3.63. The van der Waals surface area contributed by atoms with Gasteiger partial charge in [-0.2, -0.15) is 0 Å². The van der Waals surface area contributed by atoms with Crippen molar-refractivity contribution in [2.24, 2.45) is 0 Å². The maximum atomic E-state index is 4.14. The Balaban J connectivity index is 3.10. The van der Waals surface area contributed by atoms with Crippen LogP contribution in [0.5, 0.6) is 0 Å². The van der Waals surface area contributed by atoms with Crippen molar-refractivity contribution in [2.45, 2.75) is 17.3 Å². The molecule has 0 amide bonds. The van der Waals surface area contributed by atoms with Crippen LogP contribution in [0.4, 0.5) is 0 Å². The third kappa shape index (κ3) is 1.93. The molecule has 0 spiro atoms. The van der Waals surface area contributed by atoms with Crippen LogP contribution in [0.3, 0.4) is 0 Å². The van der Waals surface area contributed by atoms with E-state index in [1.165, 1.54) is 5.56 Å². The second-order valence-corrected chi connectivity index (χ2v) is 3.44. The number of thioether (sulfide) groups is 1. The summed E-state index contributed by atoms with van der Waals surface area (Å²) in [5.41, 5.74) is 2.25. The quantitative estimate of drug-likeness (QED) is 0.445. The summed E-state index contributed by atoms with van der Waals surface area (Å²) in [4.78, 5) is 8.27. The van der Waals surface area contributed by atoms with Gasteiger partial charge in [0.2, 0.25) is 0 Å². The average Bonchev–Trinajstić information content (AvgIpc) is 2.05. The summed E-state index contributed by atoms with van der Waals surface area (Å²) in [5.74, 6) is 0. The molecule has 1 aromatic heterocycles. The van der Waals surface area contributed by atoms with Gasteiger partial charge in [-0.1, -0.05) is 15.9 Å². The lowest BCUT2D eigenvalue weighted by atomic mass is 10.3. The Morgan fingerprint density at radius 3 is 2.82 bits per heavy atom. The number of hydrogen-bond donors (Lipinski definition) is 0. The molecule has 0 aromatic carbocycles. The average molecular weight is 233 g/mol. The van der Waals surface area contributed by atoms with Gasteiger partial charge in [0.1, 0.15) is 11.4 Å². The molecule has 1 aromatic rings. The zero-order valence-corrected chi connectivity index (χ0v) is 8.87. The first-order valence-corrected chi connectivity index (χ1v) is 5.54. The van der Waals surface area contributed by atoms with Gasteiger partial charge in [-0.05, 0) is 13.2 Å². The third-order valence-electron chi connectivity index (χ3n) is 1.46. The van der Waals surface area contributed by atoms with Crippen molar-refractivity contribution in [1.29, 1.82) is 0 Å². The lowest BCUT2D eigenvalue weighted by molar-refractivity contribution is 0.959. The first kappa shape index (κ1) is 9.00. The molecule has 11 heavy (non-hydrogen) atoms. The fraction of sp³-hybridized carbons (Fsp3) is 0.429. The van der Waals surface area contributed by atoms with Crippen LogP contribution in [-0.2, 0) is 5.33 Å². The summed E-state index contributed by atoms with van der Waals surface area (Å²) in [6.45, 7) is 2.04. The third-order valence-corrected chi connectivity index (χ3v) is 2.79. The maximum Gasteiger partial charge on any atom is 0.117 e. The Hall–Kier alpha value is -0.0900. The summed E-state index contributed by atoms with van der Waals surface area (Å²) in [5, 5.41) is 1.86. The highest BCUT2D eigenvalue weighted by Crippen LogP contribution is 2.19. The van der Waals surface area contributed by atoms with Crippen molar-refractivity contribution in [3.8, 4) is 0 Å². The molecule has 0 aliphatic heterocycles. The fourth-order valence-electron chi connectivity index (χ4n) is 0.809. The van der Waals surface area contributed by atoms with Gasteiger partial charge in [-0.15, -0.1) is 11.8 Å². The first-order chi connectivity index (χ1) is 5.29. The number of hydrogen-bond acceptors (Lipinski definition) is 3. The van der Waals surface area contributed by atoms with Crippen LogP contribution >= 0.6 is 27.7 Å². The van der Waals surface area contributed by atoms with Crippen LogP contribution in [0.25, 0.3) is 0 Å². The standard InChI is InChI=1S/C7H9BrN2S/c1-5-6(3-8)9-4-10-7(5)11-2/h4H,3H2,1-2H3. The molecule has 0 bridgehead atoms. The molecular weight excluding hydrogens is 224 g/mol. The van der Waals surface area contributed by atoms with Crippen molar-refractivity contribution in [3.05, 3.63) is 17.6 Å². The van der Waals surface area contributed by atoms with E-state index in [4.69, 9.17) is 0 Å². The zero-order valence-electron chi connectivity index (χ0n) is 6.47. The fourth-order valence-corrected chi connectivity index (χ4v) is 1.95. The molecule has 0 unspecified atom stereocenters. The van der Waals surface area contributed by atoms with E-state index in [0.717, 1.165) is 16.0 Å². The van der Waals surface area contributed by atoms with Crippen LogP contribution in [0, 0.1) is 6.92 Å². The van der Waals surface area contributed by atoms with Gasteiger partial charge in [0.05, 0.1) is 5.69 Å². The highest BCUT2D eigenvalue weighted by atomic mass is 79.9. The Labute approximate surface area is 79.0 Å². The van der Waals surface area contributed by atoms with Crippen molar-refractivity contribution in [3.63, 3.8) is 0 Å². The van der Waals surface area contributed by atoms with E-state index in [1.807, 2.05) is 13.2 Å². The summed E-state index contributed by atoms with van der Waals surface area (Å²) >= 11 is 5.03. The van der Waals surface area contributed by atoms with E-state index >= 15 is 0 Å². The van der Waals surface area contributed by atoms with Crippen LogP contribution in [-0.4, -0.2) is 16.2 Å². The van der Waals surface area contributed by atoms with Crippen LogP contribution in [0.15, 0.2) is 11.4 Å². The molecular formula is C7H9BrN2S. The molecule has 1 rings (SSSR count). The molecule has 0 saturated heterocycles. The Morgan fingerprint density at radius 1 is 1.55 bits per heavy atom. The minimum absolute atomic E-state index is 0.801. The number of alkyl halides is 1. The van der Waals surface area contributed by atoms with Gasteiger partial charge in [0.15, 0.2) is 0 Å². The molecule has 0 fully saturated rings. The molecule has 2 nitrogen and oxygen atoms in total. The Bertz CT molecular complexity index is 230. The van der Waals surface area contributed by atoms with Crippen molar-refractivity contribution < 1.29 is 0 Å². The largest absolute Gasteiger partial charge is 0.240 e. The highest BCUT2D eigenvalue weighted by Gasteiger charge is 2.03. The first-order valence-electron chi connectivity index (χ1n) is 3.20. The number of nitrogens with zero attached hydrogens (tertiary/aromatic N) is 2. The van der Waals surface area contributed by atoms with Gasteiger partial charge >= 0.3 is 0 Å². The minimum Gasteiger partial charge on any atom is -0.240 e. The summed E-state index contributed by atoms with van der Waals surface area (Å²) in [6, 6.07) is 0. The number of aromatic nitrogens is 2. The van der Waals surface area contributed by atoms with Gasteiger partial charge in [-0.25, -0.2) is 9.97 Å². The SMILES string of the molecule is CSc1ncnc(CBr)c1C. The van der Waals surface area contributed by atoms with E-state index in [-0.39, 0.29) is 0 Å². The maximum absolute atomic E-state index is 4.14. The Morgan fingerprint density at radius 2 is 2.27 bits per heavy atom. The minimum atomic E-state index is 0.801. The van der Waals surface area contributed by atoms with E-state index in [2.05, 4.69) is 25.9 Å². The predicted octanol–water partition coefficient (Wildman–Crippen LogP) is 2.40. The zero-order chi connectivity index (χ0) is 8.27. The number of halogens is 1. The van der Waals surface area contributed by atoms with Gasteiger partial charge < -0.3 is 0 Å². The normalized spacial score (nSPS) is 10.1. The Kier molecular flexibility index (Phi) is 3.33. The van der Waals surface area contributed by atoms with Crippen molar-refractivity contribution in [2.75, 3.05) is 6.26 Å². The lowest BCUT2D eigenvalue weighted by Crippen LogP contribution is -1.94. The van der Waals surface area contributed by atoms with Crippen LogP contribution in [0.2, 0.25) is 0 Å². The van der Waals surface area contributed by atoms with Gasteiger partial charge in [-0.3, -0.25) is 0 Å². The predicted molar refractivity (Wildman–Crippen MR) is 51.2 cm³/mol. The van der Waals surface area contributed by atoms with E-state index < -0.39 is 0 Å². The van der Waals surface area contributed by atoms with Crippen LogP contribution < -0.4 is 0 Å². The van der Waals surface area contributed by atoms with Crippen molar-refractivity contribution in [1.82, 2.24) is 9.97 Å². The van der Waals surface area contributed by atoms with E-state index in [0.29, 0.717) is 0 Å². The molecule has 0 aliphatic rings. The molecule has 4 heteroatoms. The smallest absolute Gasteiger partial charge is 0.117 e. The lowest BCUT2D eigenvalue weighted by Gasteiger charge is -2.03. The van der Waals surface area contributed by atoms with E-state index in [9.17, 15) is 0 Å².